The quantitative estimate of drug-likeness (QED) is 0.810. The lowest BCUT2D eigenvalue weighted by Crippen LogP contribution is -2.47. The molecule has 0 saturated carbocycles. The highest BCUT2D eigenvalue weighted by Crippen LogP contribution is 2.25. The number of benzene rings is 1. The van der Waals surface area contributed by atoms with E-state index in [0.717, 1.165) is 12.8 Å². The van der Waals surface area contributed by atoms with Gasteiger partial charge >= 0.3 is 0 Å². The number of aliphatic hydroxyl groups is 1. The van der Waals surface area contributed by atoms with Crippen LogP contribution in [0.4, 0.5) is 0 Å². The first-order valence-corrected chi connectivity index (χ1v) is 8.90. The normalized spacial score (nSPS) is 12.7. The number of halogens is 1. The molecule has 1 rings (SSSR count). The summed E-state index contributed by atoms with van der Waals surface area (Å²) >= 11 is 6.13. The molecule has 0 heterocycles. The van der Waals surface area contributed by atoms with Crippen LogP contribution in [0, 0.1) is 0 Å². The third-order valence-corrected chi connectivity index (χ3v) is 5.31. The van der Waals surface area contributed by atoms with Crippen molar-refractivity contribution in [2.75, 3.05) is 12.9 Å². The second kappa shape index (κ2) is 6.89. The van der Waals surface area contributed by atoms with Crippen molar-refractivity contribution in [1.82, 2.24) is 5.32 Å². The standard InChI is InChI=1S/C14H22ClNO3S/c1-4-14(5-2,10-17)16-9-11-12(15)7-6-8-13(11)20(3,18)19/h6-8,16-17H,4-5,9-10H2,1-3H3. The number of hydrogen-bond donors (Lipinski definition) is 2. The van der Waals surface area contributed by atoms with Gasteiger partial charge in [-0.3, -0.25) is 0 Å². The van der Waals surface area contributed by atoms with E-state index >= 15 is 0 Å². The Morgan fingerprint density at radius 3 is 2.35 bits per heavy atom. The zero-order valence-electron chi connectivity index (χ0n) is 12.1. The Morgan fingerprint density at radius 2 is 1.90 bits per heavy atom. The largest absolute Gasteiger partial charge is 0.394 e. The first kappa shape index (κ1) is 17.4. The topological polar surface area (TPSA) is 66.4 Å². The highest BCUT2D eigenvalue weighted by atomic mass is 35.5. The van der Waals surface area contributed by atoms with E-state index < -0.39 is 15.4 Å². The summed E-state index contributed by atoms with van der Waals surface area (Å²) < 4.78 is 23.6. The molecule has 0 aliphatic carbocycles. The predicted molar refractivity (Wildman–Crippen MR) is 81.8 cm³/mol. The van der Waals surface area contributed by atoms with Gasteiger partial charge in [-0.15, -0.1) is 0 Å². The van der Waals surface area contributed by atoms with E-state index in [1.165, 1.54) is 6.26 Å². The molecule has 6 heteroatoms. The first-order valence-electron chi connectivity index (χ1n) is 6.63. The van der Waals surface area contributed by atoms with Gasteiger partial charge in [0.25, 0.3) is 0 Å². The molecule has 0 fully saturated rings. The van der Waals surface area contributed by atoms with Crippen molar-refractivity contribution in [2.24, 2.45) is 0 Å². The number of hydrogen-bond acceptors (Lipinski definition) is 4. The molecule has 0 spiro atoms. The Kier molecular flexibility index (Phi) is 6.01. The van der Waals surface area contributed by atoms with Crippen LogP contribution in [0.3, 0.4) is 0 Å². The molecule has 1 aromatic rings. The van der Waals surface area contributed by atoms with Gasteiger partial charge in [0.15, 0.2) is 9.84 Å². The molecule has 0 saturated heterocycles. The second-order valence-corrected chi connectivity index (χ2v) is 7.38. The monoisotopic (exact) mass is 319 g/mol. The van der Waals surface area contributed by atoms with E-state index in [1.807, 2.05) is 13.8 Å². The molecular formula is C14H22ClNO3S. The van der Waals surface area contributed by atoms with Crippen LogP contribution in [0.25, 0.3) is 0 Å². The third kappa shape index (κ3) is 3.95. The van der Waals surface area contributed by atoms with Gasteiger partial charge < -0.3 is 10.4 Å². The van der Waals surface area contributed by atoms with Gasteiger partial charge in [-0.1, -0.05) is 31.5 Å². The predicted octanol–water partition coefficient (Wildman–Crippen LogP) is 2.38. The van der Waals surface area contributed by atoms with Crippen molar-refractivity contribution in [3.63, 3.8) is 0 Å². The van der Waals surface area contributed by atoms with Gasteiger partial charge in [-0.25, -0.2) is 8.42 Å². The van der Waals surface area contributed by atoms with Gasteiger partial charge in [-0.2, -0.15) is 0 Å². The maximum absolute atomic E-state index is 11.8. The molecule has 0 aromatic heterocycles. The SMILES string of the molecule is CCC(CC)(CO)NCc1c(Cl)cccc1S(C)(=O)=O. The Hall–Kier alpha value is -0.620. The van der Waals surface area contributed by atoms with Gasteiger partial charge in [0.1, 0.15) is 0 Å². The minimum atomic E-state index is -3.33. The van der Waals surface area contributed by atoms with E-state index in [-0.39, 0.29) is 11.5 Å². The summed E-state index contributed by atoms with van der Waals surface area (Å²) in [4.78, 5) is 0.233. The van der Waals surface area contributed by atoms with Crippen LogP contribution in [0.1, 0.15) is 32.3 Å². The Morgan fingerprint density at radius 1 is 1.30 bits per heavy atom. The molecular weight excluding hydrogens is 298 g/mol. The van der Waals surface area contributed by atoms with Crippen LogP contribution < -0.4 is 5.32 Å². The number of nitrogens with one attached hydrogen (secondary N) is 1. The fourth-order valence-electron chi connectivity index (χ4n) is 2.11. The molecule has 0 bridgehead atoms. The number of aliphatic hydroxyl groups excluding tert-OH is 1. The van der Waals surface area contributed by atoms with Crippen LogP contribution in [0.15, 0.2) is 23.1 Å². The molecule has 1 aromatic carbocycles. The summed E-state index contributed by atoms with van der Waals surface area (Å²) in [6.45, 7) is 4.27. The van der Waals surface area contributed by atoms with E-state index in [2.05, 4.69) is 5.32 Å². The molecule has 2 N–H and O–H groups in total. The third-order valence-electron chi connectivity index (χ3n) is 3.77. The summed E-state index contributed by atoms with van der Waals surface area (Å²) in [5.41, 5.74) is 0.143. The van der Waals surface area contributed by atoms with Crippen LogP contribution in [0.5, 0.6) is 0 Å². The zero-order valence-corrected chi connectivity index (χ0v) is 13.7. The number of sulfone groups is 1. The minimum absolute atomic E-state index is 0.00133. The second-order valence-electron chi connectivity index (χ2n) is 4.99. The van der Waals surface area contributed by atoms with Gasteiger partial charge in [0.2, 0.25) is 0 Å². The smallest absolute Gasteiger partial charge is 0.175 e. The van der Waals surface area contributed by atoms with Crippen molar-refractivity contribution < 1.29 is 13.5 Å². The van der Waals surface area contributed by atoms with E-state index in [1.54, 1.807) is 18.2 Å². The first-order chi connectivity index (χ1) is 9.29. The fraction of sp³-hybridized carbons (Fsp3) is 0.571. The van der Waals surface area contributed by atoms with E-state index in [4.69, 9.17) is 11.6 Å². The Bertz CT molecular complexity index is 545. The van der Waals surface area contributed by atoms with Gasteiger partial charge in [0.05, 0.1) is 11.5 Å². The van der Waals surface area contributed by atoms with Crippen molar-refractivity contribution >= 4 is 21.4 Å². The van der Waals surface area contributed by atoms with Crippen LogP contribution in [-0.4, -0.2) is 31.9 Å². The van der Waals surface area contributed by atoms with E-state index in [0.29, 0.717) is 17.1 Å². The molecule has 4 nitrogen and oxygen atoms in total. The van der Waals surface area contributed by atoms with E-state index in [9.17, 15) is 13.5 Å². The summed E-state index contributed by atoms with van der Waals surface area (Å²) in [6.07, 6.45) is 2.67. The lowest BCUT2D eigenvalue weighted by atomic mass is 9.93. The number of rotatable bonds is 7. The van der Waals surface area contributed by atoms with Gasteiger partial charge in [0, 0.05) is 28.9 Å². The lowest BCUT2D eigenvalue weighted by Gasteiger charge is -2.31. The fourth-order valence-corrected chi connectivity index (χ4v) is 3.37. The highest BCUT2D eigenvalue weighted by molar-refractivity contribution is 7.90. The summed E-state index contributed by atoms with van der Waals surface area (Å²) in [5, 5.41) is 13.2. The van der Waals surface area contributed by atoms with Gasteiger partial charge in [-0.05, 0) is 25.0 Å². The lowest BCUT2D eigenvalue weighted by molar-refractivity contribution is 0.149. The van der Waals surface area contributed by atoms with Crippen molar-refractivity contribution in [1.29, 1.82) is 0 Å². The van der Waals surface area contributed by atoms with Crippen molar-refractivity contribution in [3.8, 4) is 0 Å². The molecule has 0 aliphatic heterocycles. The maximum atomic E-state index is 11.8. The molecule has 20 heavy (non-hydrogen) atoms. The van der Waals surface area contributed by atoms with Crippen LogP contribution in [-0.2, 0) is 16.4 Å². The summed E-state index contributed by atoms with van der Waals surface area (Å²) in [7, 11) is -3.33. The summed E-state index contributed by atoms with van der Waals surface area (Å²) in [6, 6.07) is 4.85. The molecule has 0 atom stereocenters. The highest BCUT2D eigenvalue weighted by Gasteiger charge is 2.25. The Labute approximate surface area is 126 Å². The molecule has 0 radical (unpaired) electrons. The van der Waals surface area contributed by atoms with Crippen molar-refractivity contribution in [3.05, 3.63) is 28.8 Å². The van der Waals surface area contributed by atoms with Crippen LogP contribution in [0.2, 0.25) is 5.02 Å². The minimum Gasteiger partial charge on any atom is -0.394 e. The zero-order chi connectivity index (χ0) is 15.4. The van der Waals surface area contributed by atoms with Crippen LogP contribution >= 0.6 is 11.6 Å². The maximum Gasteiger partial charge on any atom is 0.175 e. The Balaban J connectivity index is 3.10. The molecule has 0 amide bonds. The molecule has 114 valence electrons. The molecule has 0 aliphatic rings. The van der Waals surface area contributed by atoms with Crippen molar-refractivity contribution in [2.45, 2.75) is 43.7 Å². The summed E-state index contributed by atoms with van der Waals surface area (Å²) in [5.74, 6) is 0. The molecule has 0 unspecified atom stereocenters. The average Bonchev–Trinajstić information content (AvgIpc) is 2.41. The average molecular weight is 320 g/mol.